The van der Waals surface area contributed by atoms with Gasteiger partial charge in [0, 0.05) is 6.04 Å². The van der Waals surface area contributed by atoms with Crippen LogP contribution in [0.15, 0.2) is 0 Å². The smallest absolute Gasteiger partial charge is 0.313 e. The molecule has 1 N–H and O–H groups in total. The van der Waals surface area contributed by atoms with Crippen LogP contribution >= 0.6 is 0 Å². The largest absolute Gasteiger partial charge is 0.390 e. The normalized spacial score (nSPS) is 39.5. The van der Waals surface area contributed by atoms with Gasteiger partial charge in [-0.25, -0.2) is 0 Å². The number of nitrogens with one attached hydrogen (secondary N) is 1. The van der Waals surface area contributed by atoms with Crippen molar-refractivity contribution in [2.75, 3.05) is 6.54 Å². The van der Waals surface area contributed by atoms with Crippen LogP contribution in [0.3, 0.4) is 0 Å². The number of alkyl halides is 3. The van der Waals surface area contributed by atoms with Gasteiger partial charge >= 0.3 is 6.18 Å². The summed E-state index contributed by atoms with van der Waals surface area (Å²) in [5, 5.41) is 3.00. The lowest BCUT2D eigenvalue weighted by Gasteiger charge is -2.19. The van der Waals surface area contributed by atoms with E-state index >= 15 is 0 Å². The van der Waals surface area contributed by atoms with Crippen molar-refractivity contribution < 1.29 is 13.2 Å². The van der Waals surface area contributed by atoms with Gasteiger partial charge in [-0.15, -0.1) is 0 Å². The van der Waals surface area contributed by atoms with Crippen molar-refractivity contribution in [2.45, 2.75) is 37.9 Å². The zero-order valence-electron chi connectivity index (χ0n) is 7.40. The van der Waals surface area contributed by atoms with Gasteiger partial charge in [-0.2, -0.15) is 13.2 Å². The first kappa shape index (κ1) is 9.31. The summed E-state index contributed by atoms with van der Waals surface area (Å²) < 4.78 is 36.4. The monoisotopic (exact) mass is 193 g/mol. The molecule has 1 aliphatic carbocycles. The molecule has 0 aromatic heterocycles. The van der Waals surface area contributed by atoms with E-state index in [2.05, 4.69) is 5.32 Å². The zero-order valence-corrected chi connectivity index (χ0v) is 7.40. The lowest BCUT2D eigenvalue weighted by molar-refractivity contribution is -0.141. The lowest BCUT2D eigenvalue weighted by Crippen LogP contribution is -2.32. The van der Waals surface area contributed by atoms with Crippen LogP contribution in [0.2, 0.25) is 0 Å². The molecule has 76 valence electrons. The van der Waals surface area contributed by atoms with Gasteiger partial charge < -0.3 is 5.32 Å². The van der Waals surface area contributed by atoms with Crippen LogP contribution in [0, 0.1) is 11.8 Å². The number of hydrogen-bond donors (Lipinski definition) is 1. The van der Waals surface area contributed by atoms with E-state index in [0.29, 0.717) is 11.8 Å². The Morgan fingerprint density at radius 2 is 2.00 bits per heavy atom. The van der Waals surface area contributed by atoms with Gasteiger partial charge in [0.2, 0.25) is 0 Å². The number of rotatable bonds is 1. The minimum absolute atomic E-state index is 0.293. The van der Waals surface area contributed by atoms with Gasteiger partial charge in [0.25, 0.3) is 0 Å². The molecule has 1 saturated carbocycles. The van der Waals surface area contributed by atoms with Crippen LogP contribution in [0.4, 0.5) is 13.2 Å². The molecule has 0 spiro atoms. The quantitative estimate of drug-likeness (QED) is 0.674. The van der Waals surface area contributed by atoms with Crippen LogP contribution in [-0.4, -0.2) is 18.8 Å². The van der Waals surface area contributed by atoms with Crippen molar-refractivity contribution in [1.29, 1.82) is 0 Å². The fourth-order valence-corrected chi connectivity index (χ4v) is 2.78. The highest BCUT2D eigenvalue weighted by molar-refractivity contribution is 4.94. The molecule has 1 saturated heterocycles. The molecule has 0 radical (unpaired) electrons. The van der Waals surface area contributed by atoms with E-state index in [-0.39, 0.29) is 6.04 Å². The SMILES string of the molecule is FC(F)(F)CC1NCC2CCCC21. The Balaban J connectivity index is 1.94. The molecule has 13 heavy (non-hydrogen) atoms. The van der Waals surface area contributed by atoms with E-state index in [1.54, 1.807) is 0 Å². The molecule has 2 rings (SSSR count). The van der Waals surface area contributed by atoms with E-state index in [9.17, 15) is 13.2 Å². The van der Waals surface area contributed by atoms with E-state index in [1.165, 1.54) is 0 Å². The summed E-state index contributed by atoms with van der Waals surface area (Å²) >= 11 is 0. The molecular weight excluding hydrogens is 179 g/mol. The minimum atomic E-state index is -4.00. The Morgan fingerprint density at radius 1 is 1.23 bits per heavy atom. The first-order valence-electron chi connectivity index (χ1n) is 4.86. The topological polar surface area (TPSA) is 12.0 Å². The number of fused-ring (bicyclic) bond motifs is 1. The summed E-state index contributed by atoms with van der Waals surface area (Å²) in [5.74, 6) is 0.814. The van der Waals surface area contributed by atoms with Gasteiger partial charge in [-0.3, -0.25) is 0 Å². The fraction of sp³-hybridized carbons (Fsp3) is 1.00. The third kappa shape index (κ3) is 1.98. The lowest BCUT2D eigenvalue weighted by atomic mass is 9.92. The second-order valence-electron chi connectivity index (χ2n) is 4.19. The molecule has 0 amide bonds. The molecule has 1 heterocycles. The highest BCUT2D eigenvalue weighted by Gasteiger charge is 2.43. The summed E-state index contributed by atoms with van der Waals surface area (Å²) in [6.45, 7) is 0.797. The van der Waals surface area contributed by atoms with E-state index in [4.69, 9.17) is 0 Å². The fourth-order valence-electron chi connectivity index (χ4n) is 2.78. The van der Waals surface area contributed by atoms with Crippen molar-refractivity contribution >= 4 is 0 Å². The van der Waals surface area contributed by atoms with Crippen molar-refractivity contribution in [2.24, 2.45) is 11.8 Å². The van der Waals surface area contributed by atoms with Crippen LogP contribution in [0.25, 0.3) is 0 Å². The Kier molecular flexibility index (Phi) is 2.26. The molecule has 3 unspecified atom stereocenters. The van der Waals surface area contributed by atoms with Crippen molar-refractivity contribution in [3.63, 3.8) is 0 Å². The van der Waals surface area contributed by atoms with Gasteiger partial charge in [-0.1, -0.05) is 6.42 Å². The first-order chi connectivity index (χ1) is 6.06. The highest BCUT2D eigenvalue weighted by Crippen LogP contribution is 2.40. The molecule has 1 nitrogen and oxygen atoms in total. The predicted octanol–water partition coefficient (Wildman–Crippen LogP) is 2.33. The summed E-state index contributed by atoms with van der Waals surface area (Å²) in [6, 6.07) is -0.299. The Bertz CT molecular complexity index is 190. The Morgan fingerprint density at radius 3 is 2.69 bits per heavy atom. The maximum Gasteiger partial charge on any atom is 0.390 e. The van der Waals surface area contributed by atoms with Gasteiger partial charge in [0.1, 0.15) is 0 Å². The number of hydrogen-bond acceptors (Lipinski definition) is 1. The molecule has 0 bridgehead atoms. The standard InChI is InChI=1S/C9H14F3N/c10-9(11,12)4-8-7-3-1-2-6(7)5-13-8/h6-8,13H,1-5H2. The van der Waals surface area contributed by atoms with Crippen molar-refractivity contribution in [3.05, 3.63) is 0 Å². The predicted molar refractivity (Wildman–Crippen MR) is 43.3 cm³/mol. The molecule has 4 heteroatoms. The van der Waals surface area contributed by atoms with Crippen LogP contribution in [0.5, 0.6) is 0 Å². The van der Waals surface area contributed by atoms with Crippen molar-refractivity contribution in [3.8, 4) is 0 Å². The Labute approximate surface area is 75.7 Å². The minimum Gasteiger partial charge on any atom is -0.313 e. The van der Waals surface area contributed by atoms with E-state index < -0.39 is 12.6 Å². The van der Waals surface area contributed by atoms with Gasteiger partial charge in [0.05, 0.1) is 6.42 Å². The molecular formula is C9H14F3N. The average Bonchev–Trinajstić information content (AvgIpc) is 2.50. The number of halogens is 3. The molecule has 2 fully saturated rings. The van der Waals surface area contributed by atoms with Gasteiger partial charge in [-0.05, 0) is 31.2 Å². The summed E-state index contributed by atoms with van der Waals surface area (Å²) in [6.07, 6.45) is -1.43. The highest BCUT2D eigenvalue weighted by atomic mass is 19.4. The summed E-state index contributed by atoms with van der Waals surface area (Å²) in [5.41, 5.74) is 0. The van der Waals surface area contributed by atoms with E-state index in [1.807, 2.05) is 0 Å². The second-order valence-corrected chi connectivity index (χ2v) is 4.19. The van der Waals surface area contributed by atoms with Gasteiger partial charge in [0.15, 0.2) is 0 Å². The summed E-state index contributed by atoms with van der Waals surface area (Å²) in [7, 11) is 0. The second kappa shape index (κ2) is 3.15. The molecule has 0 aromatic rings. The maximum absolute atomic E-state index is 12.1. The zero-order chi connectivity index (χ0) is 9.47. The molecule has 2 aliphatic rings. The van der Waals surface area contributed by atoms with Crippen LogP contribution in [-0.2, 0) is 0 Å². The summed E-state index contributed by atoms with van der Waals surface area (Å²) in [4.78, 5) is 0. The van der Waals surface area contributed by atoms with Crippen molar-refractivity contribution in [1.82, 2.24) is 5.32 Å². The third-order valence-electron chi connectivity index (χ3n) is 3.33. The molecule has 0 aromatic carbocycles. The molecule has 1 aliphatic heterocycles. The van der Waals surface area contributed by atoms with Crippen LogP contribution < -0.4 is 5.32 Å². The Hall–Kier alpha value is -0.250. The molecule has 3 atom stereocenters. The van der Waals surface area contributed by atoms with E-state index in [0.717, 1.165) is 25.8 Å². The first-order valence-corrected chi connectivity index (χ1v) is 4.86. The third-order valence-corrected chi connectivity index (χ3v) is 3.33. The van der Waals surface area contributed by atoms with Crippen LogP contribution in [0.1, 0.15) is 25.7 Å². The maximum atomic E-state index is 12.1. The average molecular weight is 193 g/mol.